The van der Waals surface area contributed by atoms with Crippen molar-refractivity contribution in [1.29, 1.82) is 0 Å². The molecule has 118 valence electrons. The summed E-state index contributed by atoms with van der Waals surface area (Å²) in [7, 11) is 1.54. The Morgan fingerprint density at radius 1 is 1.32 bits per heavy atom. The van der Waals surface area contributed by atoms with Crippen LogP contribution in [-0.4, -0.2) is 59.5 Å². The van der Waals surface area contributed by atoms with Crippen LogP contribution in [0.1, 0.15) is 10.6 Å². The van der Waals surface area contributed by atoms with Crippen molar-refractivity contribution in [3.8, 4) is 0 Å². The van der Waals surface area contributed by atoms with E-state index in [4.69, 9.17) is 20.8 Å². The van der Waals surface area contributed by atoms with Gasteiger partial charge in [-0.2, -0.15) is 0 Å². The highest BCUT2D eigenvalue weighted by molar-refractivity contribution is 6.31. The quantitative estimate of drug-likeness (QED) is 0.869. The number of fused-ring (bicyclic) bond motifs is 1. The number of carbonyl (C=O) groups is 1. The number of likely N-dealkylation sites (N-methyl/N-ethyl adjacent to an activating group) is 1. The molecule has 1 aromatic heterocycles. The summed E-state index contributed by atoms with van der Waals surface area (Å²) in [6, 6.07) is 6.05. The second-order valence-electron chi connectivity index (χ2n) is 5.37. The maximum absolute atomic E-state index is 12.5. The van der Waals surface area contributed by atoms with Crippen LogP contribution in [0.2, 0.25) is 5.02 Å². The molecule has 3 rings (SSSR count). The Morgan fingerprint density at radius 3 is 2.86 bits per heavy atom. The largest absolute Gasteiger partial charge is 0.451 e. The Labute approximate surface area is 131 Å². The minimum absolute atomic E-state index is 0.0584. The number of hydrogen-bond donors (Lipinski definition) is 2. The minimum atomic E-state index is -1.05. The molecule has 1 aliphatic heterocycles. The summed E-state index contributed by atoms with van der Waals surface area (Å²) in [5.74, 6) is -0.249. The number of ether oxygens (including phenoxy) is 1. The first-order valence-electron chi connectivity index (χ1n) is 6.87. The molecule has 0 spiro atoms. The lowest BCUT2D eigenvalue weighted by atomic mass is 10.0. The van der Waals surface area contributed by atoms with Gasteiger partial charge in [-0.3, -0.25) is 4.79 Å². The van der Waals surface area contributed by atoms with Gasteiger partial charge in [0.1, 0.15) is 17.8 Å². The van der Waals surface area contributed by atoms with Gasteiger partial charge in [0.15, 0.2) is 5.76 Å². The smallest absolute Gasteiger partial charge is 0.289 e. The number of aliphatic hydroxyl groups excluding tert-OH is 2. The summed E-state index contributed by atoms with van der Waals surface area (Å²) < 4.78 is 10.7. The van der Waals surface area contributed by atoms with Crippen LogP contribution in [0.5, 0.6) is 0 Å². The molecule has 3 atom stereocenters. The van der Waals surface area contributed by atoms with Crippen LogP contribution in [0.3, 0.4) is 0 Å². The van der Waals surface area contributed by atoms with Crippen LogP contribution in [0.25, 0.3) is 11.0 Å². The Bertz CT molecular complexity index is 700. The van der Waals surface area contributed by atoms with E-state index in [-0.39, 0.29) is 19.0 Å². The summed E-state index contributed by atoms with van der Waals surface area (Å²) in [6.45, 7) is 0.218. The van der Waals surface area contributed by atoms with Crippen molar-refractivity contribution in [3.05, 3.63) is 35.0 Å². The fraction of sp³-hybridized carbons (Fsp3) is 0.400. The average Bonchev–Trinajstić information content (AvgIpc) is 2.91. The van der Waals surface area contributed by atoms with E-state index in [1.54, 1.807) is 24.3 Å². The minimum Gasteiger partial charge on any atom is -0.451 e. The van der Waals surface area contributed by atoms with E-state index in [2.05, 4.69) is 0 Å². The molecular weight excluding hydrogens is 310 g/mol. The highest BCUT2D eigenvalue weighted by Crippen LogP contribution is 2.25. The van der Waals surface area contributed by atoms with E-state index in [1.165, 1.54) is 11.9 Å². The van der Waals surface area contributed by atoms with Gasteiger partial charge in [0.05, 0.1) is 19.3 Å². The van der Waals surface area contributed by atoms with E-state index >= 15 is 0 Å². The third kappa shape index (κ3) is 2.70. The van der Waals surface area contributed by atoms with Gasteiger partial charge in [-0.15, -0.1) is 0 Å². The van der Waals surface area contributed by atoms with Crippen molar-refractivity contribution < 1.29 is 24.2 Å². The van der Waals surface area contributed by atoms with Crippen molar-refractivity contribution in [3.63, 3.8) is 0 Å². The summed E-state index contributed by atoms with van der Waals surface area (Å²) >= 11 is 5.91. The predicted octanol–water partition coefficient (Wildman–Crippen LogP) is 1.28. The molecule has 2 aromatic rings. The summed E-state index contributed by atoms with van der Waals surface area (Å²) in [4.78, 5) is 13.8. The molecule has 7 heteroatoms. The predicted molar refractivity (Wildman–Crippen MR) is 79.9 cm³/mol. The van der Waals surface area contributed by atoms with Crippen LogP contribution < -0.4 is 0 Å². The number of benzene rings is 1. The molecule has 0 unspecified atom stereocenters. The number of nitrogens with zero attached hydrogens (tertiary/aromatic N) is 1. The van der Waals surface area contributed by atoms with Gasteiger partial charge in [-0.25, -0.2) is 0 Å². The fourth-order valence-corrected chi connectivity index (χ4v) is 2.73. The third-order valence-electron chi connectivity index (χ3n) is 3.87. The first-order valence-corrected chi connectivity index (χ1v) is 7.25. The van der Waals surface area contributed by atoms with E-state index in [0.29, 0.717) is 10.6 Å². The molecule has 0 aliphatic carbocycles. The maximum atomic E-state index is 12.5. The van der Waals surface area contributed by atoms with Gasteiger partial charge in [0, 0.05) is 17.5 Å². The lowest BCUT2D eigenvalue weighted by Crippen LogP contribution is -2.56. The Hall–Kier alpha value is -1.60. The van der Waals surface area contributed by atoms with Crippen molar-refractivity contribution >= 4 is 28.5 Å². The molecular formula is C15H16ClNO5. The zero-order chi connectivity index (χ0) is 15.9. The number of carbonyl (C=O) groups excluding carboxylic acids is 1. The fourth-order valence-electron chi connectivity index (χ4n) is 2.55. The number of amides is 1. The van der Waals surface area contributed by atoms with Crippen LogP contribution in [0, 0.1) is 0 Å². The van der Waals surface area contributed by atoms with Gasteiger partial charge in [0.2, 0.25) is 0 Å². The van der Waals surface area contributed by atoms with Crippen molar-refractivity contribution in [2.45, 2.75) is 18.2 Å². The molecule has 1 fully saturated rings. The van der Waals surface area contributed by atoms with Gasteiger partial charge in [0.25, 0.3) is 5.91 Å². The zero-order valence-electron chi connectivity index (χ0n) is 11.9. The second-order valence-corrected chi connectivity index (χ2v) is 5.81. The zero-order valence-corrected chi connectivity index (χ0v) is 12.7. The van der Waals surface area contributed by atoms with Crippen LogP contribution in [0.15, 0.2) is 28.7 Å². The van der Waals surface area contributed by atoms with Gasteiger partial charge < -0.3 is 24.3 Å². The monoisotopic (exact) mass is 325 g/mol. The number of furan rings is 1. The van der Waals surface area contributed by atoms with Crippen molar-refractivity contribution in [2.24, 2.45) is 0 Å². The summed E-state index contributed by atoms with van der Waals surface area (Å²) in [6.07, 6.45) is -2.06. The molecule has 1 amide bonds. The first-order chi connectivity index (χ1) is 10.5. The molecule has 2 N–H and O–H groups in total. The first kappa shape index (κ1) is 15.3. The lowest BCUT2D eigenvalue weighted by molar-refractivity contribution is -0.122. The van der Waals surface area contributed by atoms with Gasteiger partial charge >= 0.3 is 0 Å². The standard InChI is InChI=1S/C15H16ClNO5/c1-17(10-6-21-7-11(18)14(10)19)15(20)13-5-8-4-9(16)2-3-12(8)22-13/h2-5,10-11,14,18-19H,6-7H2,1H3/t10-,11-,14+/m1/s1. The highest BCUT2D eigenvalue weighted by Gasteiger charge is 2.36. The molecule has 0 saturated carbocycles. The van der Waals surface area contributed by atoms with E-state index in [9.17, 15) is 15.0 Å². The Morgan fingerprint density at radius 2 is 2.09 bits per heavy atom. The molecule has 1 aromatic carbocycles. The molecule has 22 heavy (non-hydrogen) atoms. The highest BCUT2D eigenvalue weighted by atomic mass is 35.5. The summed E-state index contributed by atoms with van der Waals surface area (Å²) in [5, 5.41) is 20.9. The molecule has 6 nitrogen and oxygen atoms in total. The number of halogens is 1. The maximum Gasteiger partial charge on any atom is 0.289 e. The third-order valence-corrected chi connectivity index (χ3v) is 4.11. The number of aliphatic hydroxyl groups is 2. The average molecular weight is 326 g/mol. The second kappa shape index (κ2) is 5.89. The Balaban J connectivity index is 1.85. The van der Waals surface area contributed by atoms with Crippen molar-refractivity contribution in [2.75, 3.05) is 20.3 Å². The van der Waals surface area contributed by atoms with Gasteiger partial charge in [-0.05, 0) is 24.3 Å². The number of rotatable bonds is 2. The SMILES string of the molecule is CN(C(=O)c1cc2cc(Cl)ccc2o1)[C@@H]1COC[C@@H](O)[C@H]1O. The van der Waals surface area contributed by atoms with Crippen molar-refractivity contribution in [1.82, 2.24) is 4.90 Å². The molecule has 0 bridgehead atoms. The van der Waals surface area contributed by atoms with Crippen LogP contribution >= 0.6 is 11.6 Å². The normalized spacial score (nSPS) is 25.4. The lowest BCUT2D eigenvalue weighted by Gasteiger charge is -2.37. The van der Waals surface area contributed by atoms with Crippen LogP contribution in [-0.2, 0) is 4.74 Å². The topological polar surface area (TPSA) is 83.1 Å². The van der Waals surface area contributed by atoms with E-state index in [0.717, 1.165) is 5.39 Å². The molecule has 1 aliphatic rings. The molecule has 2 heterocycles. The van der Waals surface area contributed by atoms with Gasteiger partial charge in [-0.1, -0.05) is 11.6 Å². The molecule has 0 radical (unpaired) electrons. The number of hydrogen-bond acceptors (Lipinski definition) is 5. The Kier molecular flexibility index (Phi) is 4.10. The summed E-state index contributed by atoms with van der Waals surface area (Å²) in [5.41, 5.74) is 0.557. The molecule has 1 saturated heterocycles. The van der Waals surface area contributed by atoms with E-state index < -0.39 is 24.2 Å². The van der Waals surface area contributed by atoms with E-state index in [1.807, 2.05) is 0 Å². The van der Waals surface area contributed by atoms with Crippen LogP contribution in [0.4, 0.5) is 0 Å².